The van der Waals surface area contributed by atoms with Gasteiger partial charge in [-0.05, 0) is 37.5 Å². The molecule has 19 heteroatoms. The van der Waals surface area contributed by atoms with Crippen molar-refractivity contribution in [3.63, 3.8) is 0 Å². The van der Waals surface area contributed by atoms with Crippen LogP contribution in [-0.4, -0.2) is 96.7 Å². The highest BCUT2D eigenvalue weighted by atomic mass is 31.2. The minimum absolute atomic E-state index is 0.108. The fraction of sp³-hybridized carbons (Fsp3) is 0.954. The molecule has 106 heavy (non-hydrogen) atoms. The molecule has 2 unspecified atom stereocenters. The minimum Gasteiger partial charge on any atom is -0.462 e. The van der Waals surface area contributed by atoms with Gasteiger partial charge in [-0.1, -0.05) is 414 Å². The van der Waals surface area contributed by atoms with Crippen LogP contribution in [0.1, 0.15) is 465 Å². The van der Waals surface area contributed by atoms with Crippen LogP contribution in [0, 0.1) is 11.8 Å². The number of aliphatic hydroxyl groups excluding tert-OH is 1. The van der Waals surface area contributed by atoms with Crippen LogP contribution in [0.15, 0.2) is 0 Å². The van der Waals surface area contributed by atoms with Gasteiger partial charge in [0.05, 0.1) is 26.4 Å². The first-order valence-corrected chi connectivity index (χ1v) is 48.0. The van der Waals surface area contributed by atoms with E-state index in [-0.39, 0.29) is 25.7 Å². The first kappa shape index (κ1) is 104. The maximum absolute atomic E-state index is 13.2. The number of phosphoric acid groups is 2. The maximum Gasteiger partial charge on any atom is 0.472 e. The zero-order valence-electron chi connectivity index (χ0n) is 69.7. The number of aliphatic hydroxyl groups is 1. The van der Waals surface area contributed by atoms with Crippen LogP contribution in [-0.2, 0) is 65.4 Å². The van der Waals surface area contributed by atoms with E-state index in [1.54, 1.807) is 0 Å². The molecule has 0 aliphatic rings. The van der Waals surface area contributed by atoms with Crippen molar-refractivity contribution < 1.29 is 80.2 Å². The summed E-state index contributed by atoms with van der Waals surface area (Å²) in [5.74, 6) is -0.528. The highest BCUT2D eigenvalue weighted by Crippen LogP contribution is 2.45. The lowest BCUT2D eigenvalue weighted by molar-refractivity contribution is -0.161. The van der Waals surface area contributed by atoms with E-state index in [1.165, 1.54) is 283 Å². The third kappa shape index (κ3) is 80.1. The third-order valence-corrected chi connectivity index (χ3v) is 22.4. The molecule has 0 aromatic rings. The normalized spacial score (nSPS) is 13.8. The molecule has 0 amide bonds. The Balaban J connectivity index is 5.25. The summed E-state index contributed by atoms with van der Waals surface area (Å²) in [5, 5.41) is 10.7. The zero-order chi connectivity index (χ0) is 77.8. The van der Waals surface area contributed by atoms with E-state index in [2.05, 4.69) is 41.5 Å². The molecule has 17 nitrogen and oxygen atoms in total. The number of esters is 4. The summed E-state index contributed by atoms with van der Waals surface area (Å²) in [4.78, 5) is 73.3. The Labute approximate surface area is 651 Å². The first-order valence-electron chi connectivity index (χ1n) is 45.0. The van der Waals surface area contributed by atoms with E-state index in [4.69, 9.17) is 37.0 Å². The molecule has 0 aromatic carbocycles. The number of carbonyl (C=O) groups excluding carboxylic acids is 4. The van der Waals surface area contributed by atoms with E-state index < -0.39 is 97.5 Å². The van der Waals surface area contributed by atoms with Gasteiger partial charge in [-0.2, -0.15) is 0 Å². The summed E-state index contributed by atoms with van der Waals surface area (Å²) < 4.78 is 69.0. The molecule has 0 saturated carbocycles. The second kappa shape index (κ2) is 78.3. The third-order valence-electron chi connectivity index (χ3n) is 20.5. The number of carbonyl (C=O) groups is 4. The summed E-state index contributed by atoms with van der Waals surface area (Å²) in [5.41, 5.74) is 0. The van der Waals surface area contributed by atoms with Crippen LogP contribution in [0.2, 0.25) is 0 Å². The molecule has 0 radical (unpaired) electrons. The van der Waals surface area contributed by atoms with Gasteiger partial charge in [0.1, 0.15) is 19.3 Å². The molecule has 0 saturated heterocycles. The Hall–Kier alpha value is -1.94. The average molecular weight is 1550 g/mol. The molecular formula is C87H170O17P2. The van der Waals surface area contributed by atoms with Gasteiger partial charge in [0.25, 0.3) is 0 Å². The highest BCUT2D eigenvalue weighted by molar-refractivity contribution is 7.47. The van der Waals surface area contributed by atoms with Crippen molar-refractivity contribution in [2.24, 2.45) is 11.8 Å². The quantitative estimate of drug-likeness (QED) is 0.0222. The molecule has 0 aliphatic heterocycles. The average Bonchev–Trinajstić information content (AvgIpc) is 0.899. The number of hydrogen-bond donors (Lipinski definition) is 3. The first-order chi connectivity index (χ1) is 51.4. The molecule has 0 fully saturated rings. The lowest BCUT2D eigenvalue weighted by atomic mass is 10.0. The standard InChI is InChI=1S/C87H170O17P2/c1-7-9-11-13-15-17-19-21-23-24-25-26-27-32-36-40-48-54-60-66-72-87(92)103-82(75-97-84(89)69-63-57-51-45-38-35-31-29-28-30-33-37-43-49-55-61-67-79(3)4)77-101-105(93,94)99-73-81(88)74-100-106(95,96)102-78-83(76-98-85(90)70-64-58-52-46-42-41-44-50-56-62-68-80(5)6)104-86(91)71-65-59-53-47-39-34-22-20-18-16-14-12-10-8-2/h79-83,88H,7-78H2,1-6H3,(H,93,94)(H,95,96)/t81-,82-,83-/m1/s1. The molecule has 0 heterocycles. The number of ether oxygens (including phenoxy) is 4. The molecule has 3 N–H and O–H groups in total. The summed E-state index contributed by atoms with van der Waals surface area (Å²) in [7, 11) is -9.93. The van der Waals surface area contributed by atoms with Gasteiger partial charge < -0.3 is 33.8 Å². The molecule has 5 atom stereocenters. The van der Waals surface area contributed by atoms with E-state index in [0.717, 1.165) is 102 Å². The van der Waals surface area contributed by atoms with Crippen molar-refractivity contribution >= 4 is 39.5 Å². The van der Waals surface area contributed by atoms with Crippen molar-refractivity contribution in [2.75, 3.05) is 39.6 Å². The van der Waals surface area contributed by atoms with Gasteiger partial charge in [0.15, 0.2) is 12.2 Å². The number of phosphoric ester groups is 2. The predicted molar refractivity (Wildman–Crippen MR) is 437 cm³/mol. The Bertz CT molecular complexity index is 2030. The molecule has 630 valence electrons. The summed E-state index contributed by atoms with van der Waals surface area (Å²) in [6.45, 7) is 9.71. The molecule has 0 aromatic heterocycles. The lowest BCUT2D eigenvalue weighted by Gasteiger charge is -2.21. The molecule has 0 bridgehead atoms. The Morgan fingerprint density at radius 3 is 0.642 bits per heavy atom. The zero-order valence-corrected chi connectivity index (χ0v) is 71.5. The topological polar surface area (TPSA) is 237 Å². The SMILES string of the molecule is CCCCCCCCCCCCCCCCCCCCCCC(=O)O[C@H](COC(=O)CCCCCCCCCCCCCCCCCCC(C)C)COP(=O)(O)OC[C@@H](O)COP(=O)(O)OC[C@@H](COC(=O)CCCCCCCCCCCCC(C)C)OC(=O)CCCCCCCCCCCCCCCC. The van der Waals surface area contributed by atoms with Gasteiger partial charge in [0, 0.05) is 25.7 Å². The number of unbranched alkanes of at least 4 members (excludes halogenated alkanes) is 56. The van der Waals surface area contributed by atoms with Crippen molar-refractivity contribution in [3.05, 3.63) is 0 Å². The lowest BCUT2D eigenvalue weighted by Crippen LogP contribution is -2.30. The van der Waals surface area contributed by atoms with Crippen molar-refractivity contribution in [3.8, 4) is 0 Å². The van der Waals surface area contributed by atoms with Crippen LogP contribution in [0.4, 0.5) is 0 Å². The number of hydrogen-bond acceptors (Lipinski definition) is 15. The monoisotopic (exact) mass is 1550 g/mol. The second-order valence-corrected chi connectivity index (χ2v) is 35.1. The van der Waals surface area contributed by atoms with Gasteiger partial charge in [0.2, 0.25) is 0 Å². The van der Waals surface area contributed by atoms with Crippen molar-refractivity contribution in [1.29, 1.82) is 0 Å². The van der Waals surface area contributed by atoms with Crippen LogP contribution >= 0.6 is 15.6 Å². The fourth-order valence-electron chi connectivity index (χ4n) is 13.6. The van der Waals surface area contributed by atoms with Crippen molar-refractivity contribution in [2.45, 2.75) is 484 Å². The van der Waals surface area contributed by atoms with Crippen LogP contribution in [0.5, 0.6) is 0 Å². The second-order valence-electron chi connectivity index (χ2n) is 32.2. The summed E-state index contributed by atoms with van der Waals surface area (Å²) in [6.07, 6.45) is 70.8. The Kier molecular flexibility index (Phi) is 76.9. The van der Waals surface area contributed by atoms with Gasteiger partial charge in [-0.25, -0.2) is 9.13 Å². The fourth-order valence-corrected chi connectivity index (χ4v) is 15.2. The number of rotatable bonds is 86. The minimum atomic E-state index is -4.97. The summed E-state index contributed by atoms with van der Waals surface area (Å²) >= 11 is 0. The smallest absolute Gasteiger partial charge is 0.462 e. The maximum atomic E-state index is 13.2. The molecule has 0 rings (SSSR count). The van der Waals surface area contributed by atoms with E-state index in [1.807, 2.05) is 0 Å². The largest absolute Gasteiger partial charge is 0.472 e. The van der Waals surface area contributed by atoms with Crippen LogP contribution < -0.4 is 0 Å². The van der Waals surface area contributed by atoms with Crippen LogP contribution in [0.25, 0.3) is 0 Å². The molecule has 0 spiro atoms. The van der Waals surface area contributed by atoms with E-state index in [0.29, 0.717) is 25.7 Å². The van der Waals surface area contributed by atoms with Gasteiger partial charge in [-0.15, -0.1) is 0 Å². The highest BCUT2D eigenvalue weighted by Gasteiger charge is 2.30. The van der Waals surface area contributed by atoms with Gasteiger partial charge in [-0.3, -0.25) is 37.3 Å². The Morgan fingerprint density at radius 1 is 0.255 bits per heavy atom. The Morgan fingerprint density at radius 2 is 0.434 bits per heavy atom. The van der Waals surface area contributed by atoms with Gasteiger partial charge >= 0.3 is 39.5 Å². The van der Waals surface area contributed by atoms with E-state index in [9.17, 15) is 43.2 Å². The van der Waals surface area contributed by atoms with E-state index >= 15 is 0 Å². The molecular weight excluding hydrogens is 1380 g/mol. The summed E-state index contributed by atoms with van der Waals surface area (Å²) in [6, 6.07) is 0. The molecule has 0 aliphatic carbocycles. The van der Waals surface area contributed by atoms with Crippen LogP contribution in [0.3, 0.4) is 0 Å². The predicted octanol–water partition coefficient (Wildman–Crippen LogP) is 26.6. The van der Waals surface area contributed by atoms with Crippen molar-refractivity contribution in [1.82, 2.24) is 0 Å².